The van der Waals surface area contributed by atoms with Crippen LogP contribution in [0.2, 0.25) is 0 Å². The lowest BCUT2D eigenvalue weighted by atomic mass is 10.1. The highest BCUT2D eigenvalue weighted by Gasteiger charge is 2.31. The highest BCUT2D eigenvalue weighted by molar-refractivity contribution is 7.89. The number of carbonyl (C=O) groups is 1. The molecule has 0 aliphatic carbocycles. The molecule has 4 rings (SSSR count). The lowest BCUT2D eigenvalue weighted by Crippen LogP contribution is -2.52. The van der Waals surface area contributed by atoms with Crippen molar-refractivity contribution >= 4 is 26.7 Å². The minimum Gasteiger partial charge on any atom is -0.339 e. The Hall–Kier alpha value is -2.81. The van der Waals surface area contributed by atoms with E-state index in [1.165, 1.54) is 27.9 Å². The summed E-state index contributed by atoms with van der Waals surface area (Å²) in [5.74, 6) is -0.808. The second kappa shape index (κ2) is 9.36. The van der Waals surface area contributed by atoms with Crippen molar-refractivity contribution in [3.63, 3.8) is 0 Å². The predicted molar refractivity (Wildman–Crippen MR) is 122 cm³/mol. The number of piperazine rings is 1. The minimum absolute atomic E-state index is 0.0452. The van der Waals surface area contributed by atoms with Gasteiger partial charge in [-0.25, -0.2) is 12.8 Å². The smallest absolute Gasteiger partial charge is 0.246 e. The molecule has 0 atom stereocenters. The summed E-state index contributed by atoms with van der Waals surface area (Å²) >= 11 is 0. The molecule has 0 saturated carbocycles. The number of hydrogen-bond acceptors (Lipinski definition) is 4. The van der Waals surface area contributed by atoms with Gasteiger partial charge in [-0.15, -0.1) is 0 Å². The van der Waals surface area contributed by atoms with E-state index in [2.05, 4.69) is 30.3 Å². The Labute approximate surface area is 187 Å². The highest BCUT2D eigenvalue weighted by atomic mass is 32.2. The zero-order valence-corrected chi connectivity index (χ0v) is 18.8. The average Bonchev–Trinajstić information content (AvgIpc) is 2.79. The Bertz CT molecular complexity index is 1220. The lowest BCUT2D eigenvalue weighted by molar-refractivity contribution is -0.133. The molecule has 1 saturated heterocycles. The van der Waals surface area contributed by atoms with E-state index in [0.717, 1.165) is 17.0 Å². The van der Waals surface area contributed by atoms with Crippen LogP contribution >= 0.6 is 0 Å². The van der Waals surface area contributed by atoms with Gasteiger partial charge < -0.3 is 4.90 Å². The lowest BCUT2D eigenvalue weighted by Gasteiger charge is -2.34. The molecule has 1 amide bonds. The standard InChI is InChI=1S/C24H26FN3O3S/c1-26(17-19-10-11-20-6-2-3-7-21(20)16-19)18-24(29)27-12-14-28(15-13-27)32(30,31)23-9-5-4-8-22(23)25/h2-11,16H,12-15,17-18H2,1H3. The summed E-state index contributed by atoms with van der Waals surface area (Å²) in [7, 11) is -2.02. The predicted octanol–water partition coefficient (Wildman–Crippen LogP) is 2.94. The minimum atomic E-state index is -3.91. The molecule has 0 bridgehead atoms. The van der Waals surface area contributed by atoms with Crippen molar-refractivity contribution in [1.29, 1.82) is 0 Å². The van der Waals surface area contributed by atoms with E-state index in [1.807, 2.05) is 24.1 Å². The number of nitrogens with zero attached hydrogens (tertiary/aromatic N) is 3. The number of benzene rings is 3. The Balaban J connectivity index is 1.32. The van der Waals surface area contributed by atoms with Gasteiger partial charge in [0, 0.05) is 32.7 Å². The first-order valence-electron chi connectivity index (χ1n) is 10.5. The van der Waals surface area contributed by atoms with Crippen LogP contribution in [0.1, 0.15) is 5.56 Å². The van der Waals surface area contributed by atoms with Crippen LogP contribution in [-0.4, -0.2) is 68.2 Å². The molecule has 0 N–H and O–H groups in total. The molecule has 32 heavy (non-hydrogen) atoms. The first-order valence-corrected chi connectivity index (χ1v) is 12.0. The van der Waals surface area contributed by atoms with Crippen LogP contribution in [0.3, 0.4) is 0 Å². The van der Waals surface area contributed by atoms with Crippen LogP contribution in [0.25, 0.3) is 10.8 Å². The van der Waals surface area contributed by atoms with Gasteiger partial charge in [0.1, 0.15) is 10.7 Å². The Morgan fingerprint density at radius 3 is 2.31 bits per heavy atom. The van der Waals surface area contributed by atoms with Crippen LogP contribution in [0, 0.1) is 5.82 Å². The number of amides is 1. The fourth-order valence-corrected chi connectivity index (χ4v) is 5.49. The van der Waals surface area contributed by atoms with E-state index < -0.39 is 15.8 Å². The molecule has 1 fully saturated rings. The maximum atomic E-state index is 14.0. The Morgan fingerprint density at radius 1 is 0.938 bits per heavy atom. The molecule has 1 aliphatic heterocycles. The molecule has 168 valence electrons. The van der Waals surface area contributed by atoms with Gasteiger partial charge in [0.25, 0.3) is 0 Å². The first kappa shape index (κ1) is 22.4. The van der Waals surface area contributed by atoms with E-state index in [9.17, 15) is 17.6 Å². The van der Waals surface area contributed by atoms with Gasteiger partial charge in [-0.2, -0.15) is 4.31 Å². The monoisotopic (exact) mass is 455 g/mol. The summed E-state index contributed by atoms with van der Waals surface area (Å²) in [6, 6.07) is 19.8. The van der Waals surface area contributed by atoms with Gasteiger partial charge in [-0.05, 0) is 41.6 Å². The second-order valence-corrected chi connectivity index (χ2v) is 9.98. The quantitative estimate of drug-likeness (QED) is 0.574. The summed E-state index contributed by atoms with van der Waals surface area (Å²) in [6.45, 7) is 1.76. The van der Waals surface area contributed by atoms with Gasteiger partial charge in [-0.3, -0.25) is 9.69 Å². The van der Waals surface area contributed by atoms with Crippen LogP contribution in [-0.2, 0) is 21.4 Å². The molecule has 0 radical (unpaired) electrons. The summed E-state index contributed by atoms with van der Waals surface area (Å²) in [4.78, 5) is 16.0. The molecule has 3 aromatic rings. The molecule has 1 heterocycles. The van der Waals surface area contributed by atoms with Crippen LogP contribution in [0.5, 0.6) is 0 Å². The first-order chi connectivity index (χ1) is 15.3. The third-order valence-electron chi connectivity index (χ3n) is 5.72. The van der Waals surface area contributed by atoms with Crippen molar-refractivity contribution in [3.8, 4) is 0 Å². The van der Waals surface area contributed by atoms with Crippen molar-refractivity contribution in [3.05, 3.63) is 78.1 Å². The van der Waals surface area contributed by atoms with Gasteiger partial charge >= 0.3 is 0 Å². The van der Waals surface area contributed by atoms with Gasteiger partial charge in [0.15, 0.2) is 0 Å². The third-order valence-corrected chi connectivity index (χ3v) is 7.65. The molecule has 0 unspecified atom stereocenters. The zero-order valence-electron chi connectivity index (χ0n) is 17.9. The molecular formula is C24H26FN3O3S. The second-order valence-electron chi connectivity index (χ2n) is 8.07. The van der Waals surface area contributed by atoms with Crippen molar-refractivity contribution in [2.75, 3.05) is 39.8 Å². The van der Waals surface area contributed by atoms with Gasteiger partial charge in [0.05, 0.1) is 6.54 Å². The third kappa shape index (κ3) is 4.82. The number of rotatable bonds is 6. The molecular weight excluding hydrogens is 429 g/mol. The van der Waals surface area contributed by atoms with E-state index >= 15 is 0 Å². The molecule has 0 spiro atoms. The Kier molecular flexibility index (Phi) is 6.55. The number of fused-ring (bicyclic) bond motifs is 1. The van der Waals surface area contributed by atoms with Crippen molar-refractivity contribution in [2.24, 2.45) is 0 Å². The zero-order chi connectivity index (χ0) is 22.7. The molecule has 0 aromatic heterocycles. The van der Waals surface area contributed by atoms with Crippen molar-refractivity contribution < 1.29 is 17.6 Å². The van der Waals surface area contributed by atoms with Crippen molar-refractivity contribution in [1.82, 2.24) is 14.1 Å². The summed E-state index contributed by atoms with van der Waals surface area (Å²) in [5, 5.41) is 2.34. The van der Waals surface area contributed by atoms with Gasteiger partial charge in [0.2, 0.25) is 15.9 Å². The topological polar surface area (TPSA) is 60.9 Å². The normalized spacial score (nSPS) is 15.4. The number of hydrogen-bond donors (Lipinski definition) is 0. The molecule has 1 aliphatic rings. The average molecular weight is 456 g/mol. The molecule has 8 heteroatoms. The number of sulfonamides is 1. The summed E-state index contributed by atoms with van der Waals surface area (Å²) < 4.78 is 40.7. The maximum Gasteiger partial charge on any atom is 0.246 e. The Morgan fingerprint density at radius 2 is 1.59 bits per heavy atom. The summed E-state index contributed by atoms with van der Waals surface area (Å²) in [5.41, 5.74) is 1.12. The SMILES string of the molecule is CN(CC(=O)N1CCN(S(=O)(=O)c2ccccc2F)CC1)Cc1ccc2ccccc2c1. The fourth-order valence-electron chi connectivity index (χ4n) is 4.01. The van der Waals surface area contributed by atoms with E-state index in [0.29, 0.717) is 6.54 Å². The van der Waals surface area contributed by atoms with Crippen LogP contribution < -0.4 is 0 Å². The van der Waals surface area contributed by atoms with Crippen molar-refractivity contribution in [2.45, 2.75) is 11.4 Å². The number of halogens is 1. The van der Waals surface area contributed by atoms with E-state index in [-0.39, 0.29) is 43.5 Å². The number of carbonyl (C=O) groups excluding carboxylic acids is 1. The van der Waals surface area contributed by atoms with Crippen LogP contribution in [0.4, 0.5) is 4.39 Å². The fraction of sp³-hybridized carbons (Fsp3) is 0.292. The molecule has 3 aromatic carbocycles. The molecule has 6 nitrogen and oxygen atoms in total. The highest BCUT2D eigenvalue weighted by Crippen LogP contribution is 2.21. The largest absolute Gasteiger partial charge is 0.339 e. The van der Waals surface area contributed by atoms with Gasteiger partial charge in [-0.1, -0.05) is 48.5 Å². The van der Waals surface area contributed by atoms with Crippen LogP contribution in [0.15, 0.2) is 71.6 Å². The van der Waals surface area contributed by atoms with E-state index in [1.54, 1.807) is 4.90 Å². The summed E-state index contributed by atoms with van der Waals surface area (Å²) in [6.07, 6.45) is 0. The van der Waals surface area contributed by atoms with E-state index in [4.69, 9.17) is 0 Å². The maximum absolute atomic E-state index is 14.0. The number of likely N-dealkylation sites (N-methyl/N-ethyl adjacent to an activating group) is 1.